The van der Waals surface area contributed by atoms with E-state index in [1.54, 1.807) is 25.1 Å². The van der Waals surface area contributed by atoms with E-state index < -0.39 is 11.6 Å². The average molecular weight is 354 g/mol. The topological polar surface area (TPSA) is 86.0 Å². The van der Waals surface area contributed by atoms with Gasteiger partial charge in [-0.15, -0.1) is 0 Å². The van der Waals surface area contributed by atoms with Crippen molar-refractivity contribution >= 4 is 16.9 Å². The van der Waals surface area contributed by atoms with Crippen LogP contribution in [-0.4, -0.2) is 18.2 Å². The number of ether oxygens (including phenoxy) is 2. The van der Waals surface area contributed by atoms with Crippen molar-refractivity contribution in [1.29, 1.82) is 0 Å². The molecule has 0 unspecified atom stereocenters. The van der Waals surface area contributed by atoms with Crippen LogP contribution in [0.3, 0.4) is 0 Å². The summed E-state index contributed by atoms with van der Waals surface area (Å²) in [6.45, 7) is 3.40. The van der Waals surface area contributed by atoms with Crippen molar-refractivity contribution in [2.45, 2.75) is 20.5 Å². The van der Waals surface area contributed by atoms with Gasteiger partial charge in [0.15, 0.2) is 0 Å². The molecule has 0 saturated heterocycles. The van der Waals surface area contributed by atoms with Crippen LogP contribution in [-0.2, 0) is 11.3 Å². The number of methoxy groups -OCH3 is 1. The lowest BCUT2D eigenvalue weighted by Gasteiger charge is -2.11. The van der Waals surface area contributed by atoms with Crippen molar-refractivity contribution in [2.75, 3.05) is 7.11 Å². The van der Waals surface area contributed by atoms with E-state index in [-0.39, 0.29) is 17.9 Å². The maximum Gasteiger partial charge on any atom is 0.342 e. The number of aromatic hydroxyl groups is 1. The van der Waals surface area contributed by atoms with Gasteiger partial charge >= 0.3 is 11.6 Å². The second-order valence-corrected chi connectivity index (χ2v) is 5.96. The Labute approximate surface area is 149 Å². The third kappa shape index (κ3) is 3.26. The number of hydrogen-bond donors (Lipinski definition) is 1. The van der Waals surface area contributed by atoms with Gasteiger partial charge in [-0.3, -0.25) is 0 Å². The number of benzene rings is 2. The number of hydrogen-bond acceptors (Lipinski definition) is 6. The molecule has 0 atom stereocenters. The average Bonchev–Trinajstić information content (AvgIpc) is 2.62. The Bertz CT molecular complexity index is 1050. The Morgan fingerprint density at radius 1 is 1.15 bits per heavy atom. The van der Waals surface area contributed by atoms with Crippen molar-refractivity contribution in [2.24, 2.45) is 0 Å². The molecule has 0 spiro atoms. The number of carbonyl (C=O) groups excluding carboxylic acids is 1. The number of carbonyl (C=O) groups is 1. The minimum atomic E-state index is -0.578. The fraction of sp³-hybridized carbons (Fsp3) is 0.200. The number of phenolic OH excluding ortho intramolecular Hbond substituents is 1. The molecule has 6 heteroatoms. The first-order valence-electron chi connectivity index (χ1n) is 7.97. The molecule has 0 aliphatic rings. The van der Waals surface area contributed by atoms with Crippen molar-refractivity contribution in [3.05, 3.63) is 69.1 Å². The molecular weight excluding hydrogens is 336 g/mol. The summed E-state index contributed by atoms with van der Waals surface area (Å²) in [4.78, 5) is 24.3. The molecule has 3 rings (SSSR count). The minimum absolute atomic E-state index is 0.0271. The summed E-state index contributed by atoms with van der Waals surface area (Å²) in [5.41, 5.74) is 1.86. The van der Waals surface area contributed by atoms with Crippen LogP contribution >= 0.6 is 0 Å². The smallest absolute Gasteiger partial charge is 0.342 e. The molecule has 1 N–H and O–H groups in total. The van der Waals surface area contributed by atoms with E-state index in [4.69, 9.17) is 13.9 Å². The molecule has 0 aliphatic carbocycles. The number of esters is 1. The molecule has 0 bridgehead atoms. The maximum absolute atomic E-state index is 12.4. The monoisotopic (exact) mass is 354 g/mol. The summed E-state index contributed by atoms with van der Waals surface area (Å²) in [5, 5.41) is 10.4. The van der Waals surface area contributed by atoms with Crippen LogP contribution in [0.4, 0.5) is 0 Å². The third-order valence-electron chi connectivity index (χ3n) is 4.15. The van der Waals surface area contributed by atoms with Gasteiger partial charge in [0.1, 0.15) is 29.3 Å². The predicted octanol–water partition coefficient (Wildman–Crippen LogP) is 3.48. The molecule has 1 heterocycles. The van der Waals surface area contributed by atoms with Crippen LogP contribution in [0, 0.1) is 13.8 Å². The Morgan fingerprint density at radius 3 is 2.65 bits per heavy atom. The molecule has 0 amide bonds. The van der Waals surface area contributed by atoms with Gasteiger partial charge in [0, 0.05) is 22.6 Å². The summed E-state index contributed by atoms with van der Waals surface area (Å²) in [6, 6.07) is 9.62. The highest BCUT2D eigenvalue weighted by molar-refractivity contribution is 5.93. The molecule has 1 aromatic heterocycles. The lowest BCUT2D eigenvalue weighted by Crippen LogP contribution is -2.09. The molecule has 0 aliphatic heterocycles. The standard InChI is InChI=1S/C20H18O6/c1-11-4-7-17(24-3)15(8-11)20(23)25-10-13-9-18(22)26-19-12(2)16(21)6-5-14(13)19/h4-9,21H,10H2,1-3H3. The first-order valence-corrected chi connectivity index (χ1v) is 7.97. The zero-order valence-corrected chi connectivity index (χ0v) is 14.7. The van der Waals surface area contributed by atoms with Crippen LogP contribution in [0.1, 0.15) is 27.0 Å². The highest BCUT2D eigenvalue weighted by Gasteiger charge is 2.16. The number of fused-ring (bicyclic) bond motifs is 1. The predicted molar refractivity (Wildman–Crippen MR) is 95.7 cm³/mol. The molecule has 6 nitrogen and oxygen atoms in total. The first kappa shape index (κ1) is 17.5. The summed E-state index contributed by atoms with van der Waals surface area (Å²) in [7, 11) is 1.48. The third-order valence-corrected chi connectivity index (χ3v) is 4.15. The zero-order valence-electron chi connectivity index (χ0n) is 14.7. The normalized spacial score (nSPS) is 10.7. The Hall–Kier alpha value is -3.28. The number of phenols is 1. The Morgan fingerprint density at radius 2 is 1.92 bits per heavy atom. The zero-order chi connectivity index (χ0) is 18.8. The first-order chi connectivity index (χ1) is 12.4. The molecule has 0 saturated carbocycles. The quantitative estimate of drug-likeness (QED) is 0.570. The van der Waals surface area contributed by atoms with Gasteiger partial charge in [-0.25, -0.2) is 9.59 Å². The molecule has 3 aromatic rings. The Balaban J connectivity index is 1.93. The van der Waals surface area contributed by atoms with Crippen molar-refractivity contribution in [1.82, 2.24) is 0 Å². The lowest BCUT2D eigenvalue weighted by atomic mass is 10.1. The summed E-state index contributed by atoms with van der Waals surface area (Å²) >= 11 is 0. The van der Waals surface area contributed by atoms with E-state index in [0.29, 0.717) is 27.8 Å². The molecule has 0 radical (unpaired) electrons. The van der Waals surface area contributed by atoms with E-state index in [1.165, 1.54) is 19.2 Å². The summed E-state index contributed by atoms with van der Waals surface area (Å²) in [5.74, 6) is -0.111. The lowest BCUT2D eigenvalue weighted by molar-refractivity contribution is 0.0470. The van der Waals surface area contributed by atoms with Crippen LogP contribution < -0.4 is 10.4 Å². The van der Waals surface area contributed by atoms with Crippen LogP contribution in [0.25, 0.3) is 11.0 Å². The van der Waals surface area contributed by atoms with Crippen LogP contribution in [0.2, 0.25) is 0 Å². The molecule has 0 fully saturated rings. The number of rotatable bonds is 4. The van der Waals surface area contributed by atoms with E-state index in [0.717, 1.165) is 5.56 Å². The van der Waals surface area contributed by atoms with Gasteiger partial charge in [0.25, 0.3) is 0 Å². The van der Waals surface area contributed by atoms with Gasteiger partial charge in [0.2, 0.25) is 0 Å². The van der Waals surface area contributed by atoms with Gasteiger partial charge in [0.05, 0.1) is 7.11 Å². The summed E-state index contributed by atoms with van der Waals surface area (Å²) in [6.07, 6.45) is 0. The summed E-state index contributed by atoms with van der Waals surface area (Å²) < 4.78 is 15.8. The molecule has 26 heavy (non-hydrogen) atoms. The van der Waals surface area contributed by atoms with E-state index in [2.05, 4.69) is 0 Å². The minimum Gasteiger partial charge on any atom is -0.508 e. The van der Waals surface area contributed by atoms with E-state index in [9.17, 15) is 14.7 Å². The highest BCUT2D eigenvalue weighted by Crippen LogP contribution is 2.28. The van der Waals surface area contributed by atoms with Gasteiger partial charge in [-0.05, 0) is 38.1 Å². The fourth-order valence-electron chi connectivity index (χ4n) is 2.74. The molecule has 2 aromatic carbocycles. The van der Waals surface area contributed by atoms with Crippen molar-refractivity contribution in [3.63, 3.8) is 0 Å². The highest BCUT2D eigenvalue weighted by atomic mass is 16.5. The molecule has 134 valence electrons. The SMILES string of the molecule is COc1ccc(C)cc1C(=O)OCc1cc(=O)oc2c(C)c(O)ccc12. The van der Waals surface area contributed by atoms with Gasteiger partial charge < -0.3 is 19.0 Å². The van der Waals surface area contributed by atoms with Gasteiger partial charge in [-0.1, -0.05) is 11.6 Å². The van der Waals surface area contributed by atoms with Crippen molar-refractivity contribution in [3.8, 4) is 11.5 Å². The van der Waals surface area contributed by atoms with E-state index in [1.807, 2.05) is 13.0 Å². The molecular formula is C20H18O6. The van der Waals surface area contributed by atoms with E-state index >= 15 is 0 Å². The maximum atomic E-state index is 12.4. The van der Waals surface area contributed by atoms with Gasteiger partial charge in [-0.2, -0.15) is 0 Å². The largest absolute Gasteiger partial charge is 0.508 e. The Kier molecular flexibility index (Phi) is 4.67. The van der Waals surface area contributed by atoms with Crippen LogP contribution in [0.5, 0.6) is 11.5 Å². The fourth-order valence-corrected chi connectivity index (χ4v) is 2.74. The second-order valence-electron chi connectivity index (χ2n) is 5.96. The van der Waals surface area contributed by atoms with Crippen LogP contribution in [0.15, 0.2) is 45.6 Å². The second kappa shape index (κ2) is 6.92. The van der Waals surface area contributed by atoms with Crippen molar-refractivity contribution < 1.29 is 23.8 Å². The number of aryl methyl sites for hydroxylation is 2.